The van der Waals surface area contributed by atoms with Crippen molar-refractivity contribution in [1.82, 2.24) is 4.90 Å². The Labute approximate surface area is 109 Å². The quantitative estimate of drug-likeness (QED) is 0.799. The Kier molecular flexibility index (Phi) is 3.52. The van der Waals surface area contributed by atoms with Crippen LogP contribution in [0.5, 0.6) is 5.75 Å². The van der Waals surface area contributed by atoms with Gasteiger partial charge in [0.2, 0.25) is 0 Å². The van der Waals surface area contributed by atoms with Crippen LogP contribution in [0.3, 0.4) is 0 Å². The molecule has 98 valence electrons. The van der Waals surface area contributed by atoms with Gasteiger partial charge in [0.05, 0.1) is 6.10 Å². The van der Waals surface area contributed by atoms with Gasteiger partial charge in [-0.3, -0.25) is 4.90 Å². The van der Waals surface area contributed by atoms with E-state index in [2.05, 4.69) is 23.1 Å². The Morgan fingerprint density at radius 3 is 3.11 bits per heavy atom. The van der Waals surface area contributed by atoms with E-state index in [1.165, 1.54) is 24.9 Å². The minimum Gasteiger partial charge on any atom is -0.492 e. The van der Waals surface area contributed by atoms with Crippen molar-refractivity contribution < 1.29 is 9.47 Å². The minimum atomic E-state index is 0.399. The first-order chi connectivity index (χ1) is 8.86. The third-order valence-corrected chi connectivity index (χ3v) is 4.12. The molecule has 0 N–H and O–H groups in total. The SMILES string of the molecule is COC1CCCN(C2COc3ccccc3C2)C1. The Morgan fingerprint density at radius 2 is 2.22 bits per heavy atom. The van der Waals surface area contributed by atoms with Gasteiger partial charge in [0.15, 0.2) is 0 Å². The lowest BCUT2D eigenvalue weighted by molar-refractivity contribution is 0.00250. The summed E-state index contributed by atoms with van der Waals surface area (Å²) in [5.41, 5.74) is 1.34. The topological polar surface area (TPSA) is 21.7 Å². The average molecular weight is 247 g/mol. The van der Waals surface area contributed by atoms with Crippen LogP contribution in [0.25, 0.3) is 0 Å². The van der Waals surface area contributed by atoms with Gasteiger partial charge in [-0.1, -0.05) is 18.2 Å². The fourth-order valence-electron chi connectivity index (χ4n) is 3.04. The molecule has 0 aromatic heterocycles. The highest BCUT2D eigenvalue weighted by Gasteiger charge is 2.29. The second-order valence-corrected chi connectivity index (χ2v) is 5.27. The molecule has 3 rings (SSSR count). The highest BCUT2D eigenvalue weighted by Crippen LogP contribution is 2.27. The Bertz CT molecular complexity index is 407. The van der Waals surface area contributed by atoms with E-state index < -0.39 is 0 Å². The third-order valence-electron chi connectivity index (χ3n) is 4.12. The smallest absolute Gasteiger partial charge is 0.122 e. The number of fused-ring (bicyclic) bond motifs is 1. The summed E-state index contributed by atoms with van der Waals surface area (Å²) in [6.07, 6.45) is 3.93. The van der Waals surface area contributed by atoms with Gasteiger partial charge in [-0.25, -0.2) is 0 Å². The number of nitrogens with zero attached hydrogens (tertiary/aromatic N) is 1. The number of ether oxygens (including phenoxy) is 2. The first-order valence-electron chi connectivity index (χ1n) is 6.84. The molecule has 1 aromatic carbocycles. The molecule has 18 heavy (non-hydrogen) atoms. The molecule has 3 nitrogen and oxygen atoms in total. The van der Waals surface area contributed by atoms with Gasteiger partial charge >= 0.3 is 0 Å². The number of para-hydroxylation sites is 1. The van der Waals surface area contributed by atoms with Crippen LogP contribution in [0.2, 0.25) is 0 Å². The number of rotatable bonds is 2. The van der Waals surface area contributed by atoms with E-state index in [1.54, 1.807) is 0 Å². The second-order valence-electron chi connectivity index (χ2n) is 5.27. The minimum absolute atomic E-state index is 0.399. The second kappa shape index (κ2) is 5.29. The lowest BCUT2D eigenvalue weighted by Gasteiger charge is -2.39. The van der Waals surface area contributed by atoms with E-state index in [1.807, 2.05) is 13.2 Å². The highest BCUT2D eigenvalue weighted by molar-refractivity contribution is 5.35. The summed E-state index contributed by atoms with van der Waals surface area (Å²) in [4.78, 5) is 2.54. The summed E-state index contributed by atoms with van der Waals surface area (Å²) in [5, 5.41) is 0. The predicted molar refractivity (Wildman–Crippen MR) is 71.0 cm³/mol. The molecule has 0 saturated carbocycles. The van der Waals surface area contributed by atoms with Crippen LogP contribution in [0, 0.1) is 0 Å². The average Bonchev–Trinajstić information content (AvgIpc) is 2.47. The van der Waals surface area contributed by atoms with Crippen LogP contribution in [-0.4, -0.2) is 43.9 Å². The summed E-state index contributed by atoms with van der Waals surface area (Å²) in [5.74, 6) is 1.06. The van der Waals surface area contributed by atoms with Crippen molar-refractivity contribution in [3.8, 4) is 5.75 Å². The molecule has 1 aromatic rings. The molecule has 1 saturated heterocycles. The highest BCUT2D eigenvalue weighted by atomic mass is 16.5. The molecular weight excluding hydrogens is 226 g/mol. The zero-order valence-electron chi connectivity index (χ0n) is 11.0. The molecule has 2 unspecified atom stereocenters. The maximum absolute atomic E-state index is 5.88. The maximum atomic E-state index is 5.88. The van der Waals surface area contributed by atoms with Gasteiger partial charge in [0.25, 0.3) is 0 Å². The molecule has 2 heterocycles. The fraction of sp³-hybridized carbons (Fsp3) is 0.600. The summed E-state index contributed by atoms with van der Waals surface area (Å²) in [6.45, 7) is 3.04. The summed E-state index contributed by atoms with van der Waals surface area (Å²) >= 11 is 0. The molecule has 1 fully saturated rings. The Hall–Kier alpha value is -1.06. The summed E-state index contributed by atoms with van der Waals surface area (Å²) in [7, 11) is 1.82. The molecule has 2 aliphatic rings. The predicted octanol–water partition coefficient (Wildman–Crippen LogP) is 2.10. The van der Waals surface area contributed by atoms with Gasteiger partial charge in [0, 0.05) is 19.7 Å². The van der Waals surface area contributed by atoms with Gasteiger partial charge in [-0.2, -0.15) is 0 Å². The normalized spacial score (nSPS) is 28.5. The first-order valence-corrected chi connectivity index (χ1v) is 6.84. The third kappa shape index (κ3) is 2.38. The standard InChI is InChI=1S/C15H21NO2/c1-17-14-6-4-8-16(10-14)13-9-12-5-2-3-7-15(12)18-11-13/h2-3,5,7,13-14H,4,6,8-11H2,1H3. The molecule has 2 aliphatic heterocycles. The number of piperidine rings is 1. The molecule has 2 atom stereocenters. The largest absolute Gasteiger partial charge is 0.492 e. The van der Waals surface area contributed by atoms with Crippen LogP contribution in [0.4, 0.5) is 0 Å². The number of benzene rings is 1. The molecule has 0 bridgehead atoms. The van der Waals surface area contributed by atoms with Crippen molar-refractivity contribution in [3.05, 3.63) is 29.8 Å². The van der Waals surface area contributed by atoms with Crippen LogP contribution >= 0.6 is 0 Å². The number of hydrogen-bond donors (Lipinski definition) is 0. The molecule has 3 heteroatoms. The lowest BCUT2D eigenvalue weighted by Crippen LogP contribution is -2.49. The zero-order valence-corrected chi connectivity index (χ0v) is 11.0. The van der Waals surface area contributed by atoms with E-state index in [0.717, 1.165) is 25.3 Å². The van der Waals surface area contributed by atoms with Gasteiger partial charge < -0.3 is 9.47 Å². The number of hydrogen-bond acceptors (Lipinski definition) is 3. The van der Waals surface area contributed by atoms with Crippen molar-refractivity contribution in [1.29, 1.82) is 0 Å². The van der Waals surface area contributed by atoms with E-state index in [0.29, 0.717) is 12.1 Å². The van der Waals surface area contributed by atoms with Gasteiger partial charge in [-0.05, 0) is 37.4 Å². The van der Waals surface area contributed by atoms with Crippen LogP contribution in [-0.2, 0) is 11.2 Å². The fourth-order valence-corrected chi connectivity index (χ4v) is 3.04. The van der Waals surface area contributed by atoms with Crippen LogP contribution < -0.4 is 4.74 Å². The van der Waals surface area contributed by atoms with E-state index in [9.17, 15) is 0 Å². The molecule has 0 amide bonds. The number of likely N-dealkylation sites (tertiary alicyclic amines) is 1. The molecule has 0 radical (unpaired) electrons. The van der Waals surface area contributed by atoms with E-state index >= 15 is 0 Å². The molecular formula is C15H21NO2. The Morgan fingerprint density at radius 1 is 1.33 bits per heavy atom. The van der Waals surface area contributed by atoms with Crippen molar-refractivity contribution >= 4 is 0 Å². The van der Waals surface area contributed by atoms with E-state index in [-0.39, 0.29) is 0 Å². The maximum Gasteiger partial charge on any atom is 0.122 e. The first kappa shape index (κ1) is 12.0. The van der Waals surface area contributed by atoms with Crippen LogP contribution in [0.1, 0.15) is 18.4 Å². The van der Waals surface area contributed by atoms with Crippen molar-refractivity contribution in [2.24, 2.45) is 0 Å². The van der Waals surface area contributed by atoms with Crippen molar-refractivity contribution in [2.75, 3.05) is 26.8 Å². The van der Waals surface area contributed by atoms with Gasteiger partial charge in [0.1, 0.15) is 12.4 Å². The lowest BCUT2D eigenvalue weighted by atomic mass is 9.98. The Balaban J connectivity index is 1.68. The summed E-state index contributed by atoms with van der Waals surface area (Å²) in [6, 6.07) is 8.90. The van der Waals surface area contributed by atoms with Crippen molar-refractivity contribution in [2.45, 2.75) is 31.4 Å². The van der Waals surface area contributed by atoms with Crippen molar-refractivity contribution in [3.63, 3.8) is 0 Å². The number of methoxy groups -OCH3 is 1. The van der Waals surface area contributed by atoms with Gasteiger partial charge in [-0.15, -0.1) is 0 Å². The van der Waals surface area contributed by atoms with Crippen LogP contribution in [0.15, 0.2) is 24.3 Å². The molecule has 0 aliphatic carbocycles. The monoisotopic (exact) mass is 247 g/mol. The summed E-state index contributed by atoms with van der Waals surface area (Å²) < 4.78 is 11.4. The zero-order chi connectivity index (χ0) is 12.4. The van der Waals surface area contributed by atoms with E-state index in [4.69, 9.17) is 9.47 Å². The molecule has 0 spiro atoms.